The van der Waals surface area contributed by atoms with E-state index < -0.39 is 26.5 Å². The maximum Gasteiger partial charge on any atom is 0.306 e. The van der Waals surface area contributed by atoms with Gasteiger partial charge < -0.3 is 27.9 Å². The SMILES string of the molecule is CC/C=C\C/C=C\C/C=C\C/C=C\CCCCCCCCCCCCCCCCCCCCCCC(=O)OC(COC(=O)CCCCCCCCCCCCCCCCCCCC)COP(=O)([O-])OCC[N+](C)(C)C. The predicted molar refractivity (Wildman–Crippen MR) is 319 cm³/mol. The molecule has 0 fully saturated rings. The number of rotatable bonds is 59. The highest BCUT2D eigenvalue weighted by Gasteiger charge is 2.22. The molecule has 0 saturated carbocycles. The molecule has 440 valence electrons. The molecule has 10 heteroatoms. The van der Waals surface area contributed by atoms with Gasteiger partial charge in [-0.25, -0.2) is 0 Å². The Balaban J connectivity index is 4.00. The van der Waals surface area contributed by atoms with E-state index in [1.165, 1.54) is 212 Å². The van der Waals surface area contributed by atoms with Gasteiger partial charge in [0.05, 0.1) is 27.7 Å². The van der Waals surface area contributed by atoms with E-state index in [1.807, 2.05) is 21.1 Å². The molecule has 0 heterocycles. The molecule has 0 aromatic heterocycles. The van der Waals surface area contributed by atoms with E-state index in [4.69, 9.17) is 18.5 Å². The molecule has 0 aliphatic carbocycles. The van der Waals surface area contributed by atoms with Crippen LogP contribution in [0.15, 0.2) is 48.6 Å². The molecule has 0 amide bonds. The molecule has 0 aliphatic heterocycles. The molecule has 0 aromatic carbocycles. The maximum atomic E-state index is 12.8. The Kier molecular flexibility index (Phi) is 55.1. The van der Waals surface area contributed by atoms with Gasteiger partial charge in [0.2, 0.25) is 0 Å². The number of quaternary nitrogens is 1. The van der Waals surface area contributed by atoms with Crippen LogP contribution in [0.3, 0.4) is 0 Å². The Hall–Kier alpha value is -2.03. The van der Waals surface area contributed by atoms with Gasteiger partial charge in [-0.2, -0.15) is 0 Å². The molecule has 0 aliphatic rings. The third-order valence-electron chi connectivity index (χ3n) is 14.1. The minimum absolute atomic E-state index is 0.0281. The number of carbonyl (C=O) groups is 2. The molecule has 9 nitrogen and oxygen atoms in total. The van der Waals surface area contributed by atoms with E-state index in [-0.39, 0.29) is 32.0 Å². The Morgan fingerprint density at radius 1 is 0.427 bits per heavy atom. The second-order valence-corrected chi connectivity index (χ2v) is 24.2. The fourth-order valence-corrected chi connectivity index (χ4v) is 9.97. The lowest BCUT2D eigenvalue weighted by molar-refractivity contribution is -0.870. The summed E-state index contributed by atoms with van der Waals surface area (Å²) in [7, 11) is 1.18. The molecular weight excluding hydrogens is 954 g/mol. The number of nitrogens with zero attached hydrogens (tertiary/aromatic N) is 1. The first-order valence-corrected chi connectivity index (χ1v) is 33.3. The number of hydrogen-bond acceptors (Lipinski definition) is 8. The van der Waals surface area contributed by atoms with E-state index in [1.54, 1.807) is 0 Å². The molecule has 0 radical (unpaired) electrons. The van der Waals surface area contributed by atoms with Crippen LogP contribution >= 0.6 is 7.82 Å². The summed E-state index contributed by atoms with van der Waals surface area (Å²) in [6.07, 6.45) is 71.8. The van der Waals surface area contributed by atoms with Gasteiger partial charge in [0.25, 0.3) is 7.82 Å². The third kappa shape index (κ3) is 61.1. The van der Waals surface area contributed by atoms with E-state index in [0.717, 1.165) is 57.8 Å². The summed E-state index contributed by atoms with van der Waals surface area (Å²) < 4.78 is 34.2. The number of phosphoric acid groups is 1. The van der Waals surface area contributed by atoms with Gasteiger partial charge in [0.15, 0.2) is 6.10 Å². The van der Waals surface area contributed by atoms with E-state index in [2.05, 4.69) is 62.5 Å². The molecular formula is C65H122NO8P. The van der Waals surface area contributed by atoms with Gasteiger partial charge in [0, 0.05) is 12.8 Å². The minimum atomic E-state index is -4.63. The summed E-state index contributed by atoms with van der Waals surface area (Å²) in [6.45, 7) is 4.18. The molecule has 0 rings (SSSR count). The molecule has 0 saturated heterocycles. The number of hydrogen-bond donors (Lipinski definition) is 0. The Labute approximate surface area is 464 Å². The van der Waals surface area contributed by atoms with Crippen LogP contribution in [0, 0.1) is 0 Å². The van der Waals surface area contributed by atoms with E-state index in [0.29, 0.717) is 17.4 Å². The fraction of sp³-hybridized carbons (Fsp3) is 0.846. The normalized spacial score (nSPS) is 13.5. The summed E-state index contributed by atoms with van der Waals surface area (Å²) in [5.41, 5.74) is 0. The highest BCUT2D eigenvalue weighted by Crippen LogP contribution is 2.38. The van der Waals surface area contributed by atoms with Crippen LogP contribution < -0.4 is 4.89 Å². The minimum Gasteiger partial charge on any atom is -0.756 e. The van der Waals surface area contributed by atoms with Crippen LogP contribution in [-0.2, 0) is 32.7 Å². The lowest BCUT2D eigenvalue weighted by Crippen LogP contribution is -2.37. The first kappa shape index (κ1) is 73.0. The number of carbonyl (C=O) groups excluding carboxylic acids is 2. The maximum absolute atomic E-state index is 12.8. The van der Waals surface area contributed by atoms with Crippen molar-refractivity contribution in [1.82, 2.24) is 0 Å². The first-order valence-electron chi connectivity index (χ1n) is 31.8. The third-order valence-corrected chi connectivity index (χ3v) is 15.1. The standard InChI is InChI=1S/C65H122NO8P/c1-6-8-10-12-14-16-18-20-22-24-26-27-28-29-30-31-32-33-34-35-36-37-38-39-40-42-44-46-48-50-52-54-56-58-65(68)74-63(62-73-75(69,70)72-60-59-66(3,4)5)61-71-64(67)57-55-53-51-49-47-45-43-41-25-23-21-19-17-15-13-11-9-7-2/h8,10,14,16,20,22,26-27,63H,6-7,9,11-13,15,17-19,21,23-25,28-62H2,1-5H3/b10-8-,16-14-,22-20-,27-26-. The molecule has 0 aromatic rings. The number of esters is 2. The number of allylic oxidation sites excluding steroid dienone is 8. The molecule has 2 atom stereocenters. The van der Waals surface area contributed by atoms with Gasteiger partial charge in [-0.15, -0.1) is 0 Å². The first-order chi connectivity index (χ1) is 36.5. The van der Waals surface area contributed by atoms with Crippen molar-refractivity contribution in [3.05, 3.63) is 48.6 Å². The van der Waals surface area contributed by atoms with Crippen molar-refractivity contribution in [2.24, 2.45) is 0 Å². The van der Waals surface area contributed by atoms with Crippen molar-refractivity contribution < 1.29 is 42.1 Å². The second-order valence-electron chi connectivity index (χ2n) is 22.8. The summed E-state index contributed by atoms with van der Waals surface area (Å²) in [5.74, 6) is -0.815. The van der Waals surface area contributed by atoms with Crippen molar-refractivity contribution >= 4 is 19.8 Å². The zero-order valence-corrected chi connectivity index (χ0v) is 50.9. The van der Waals surface area contributed by atoms with Crippen molar-refractivity contribution in [2.75, 3.05) is 47.5 Å². The smallest absolute Gasteiger partial charge is 0.306 e. The van der Waals surface area contributed by atoms with Crippen molar-refractivity contribution in [1.29, 1.82) is 0 Å². The van der Waals surface area contributed by atoms with E-state index in [9.17, 15) is 19.0 Å². The van der Waals surface area contributed by atoms with Crippen molar-refractivity contribution in [3.63, 3.8) is 0 Å². The highest BCUT2D eigenvalue weighted by molar-refractivity contribution is 7.45. The van der Waals surface area contributed by atoms with Crippen molar-refractivity contribution in [2.45, 2.75) is 309 Å². The zero-order valence-electron chi connectivity index (χ0n) is 50.0. The van der Waals surface area contributed by atoms with Crippen LogP contribution in [0.4, 0.5) is 0 Å². The molecule has 0 N–H and O–H groups in total. The summed E-state index contributed by atoms with van der Waals surface area (Å²) in [5, 5.41) is 0. The fourth-order valence-electron chi connectivity index (χ4n) is 9.24. The van der Waals surface area contributed by atoms with Gasteiger partial charge in [-0.1, -0.05) is 287 Å². The molecule has 0 bridgehead atoms. The Morgan fingerprint density at radius 3 is 1.13 bits per heavy atom. The average molecular weight is 1080 g/mol. The largest absolute Gasteiger partial charge is 0.756 e. The summed E-state index contributed by atoms with van der Waals surface area (Å²) >= 11 is 0. The van der Waals surface area contributed by atoms with Crippen LogP contribution in [0.2, 0.25) is 0 Å². The molecule has 0 spiro atoms. The van der Waals surface area contributed by atoms with E-state index >= 15 is 0 Å². The molecule has 2 unspecified atom stereocenters. The number of phosphoric ester groups is 1. The second kappa shape index (κ2) is 56.7. The topological polar surface area (TPSA) is 111 Å². The Morgan fingerprint density at radius 2 is 0.760 bits per heavy atom. The Bertz CT molecular complexity index is 1410. The zero-order chi connectivity index (χ0) is 54.9. The monoisotopic (exact) mass is 1080 g/mol. The van der Waals surface area contributed by atoms with Crippen LogP contribution in [0.1, 0.15) is 303 Å². The quantitative estimate of drug-likeness (QED) is 0.0195. The number of ether oxygens (including phenoxy) is 2. The highest BCUT2D eigenvalue weighted by atomic mass is 31.2. The average Bonchev–Trinajstić information content (AvgIpc) is 3.37. The molecule has 75 heavy (non-hydrogen) atoms. The summed E-state index contributed by atoms with van der Waals surface area (Å²) in [4.78, 5) is 37.9. The lowest BCUT2D eigenvalue weighted by atomic mass is 10.0. The van der Waals surface area contributed by atoms with Crippen LogP contribution in [-0.4, -0.2) is 70.0 Å². The van der Waals surface area contributed by atoms with Crippen LogP contribution in [0.5, 0.6) is 0 Å². The summed E-state index contributed by atoms with van der Waals surface area (Å²) in [6, 6.07) is 0. The van der Waals surface area contributed by atoms with Gasteiger partial charge >= 0.3 is 11.9 Å². The number of unbranched alkanes of at least 4 members (excludes halogenated alkanes) is 37. The number of likely N-dealkylation sites (N-methyl/N-ethyl adjacent to an activating group) is 1. The van der Waals surface area contributed by atoms with Gasteiger partial charge in [-0.3, -0.25) is 14.2 Å². The predicted octanol–water partition coefficient (Wildman–Crippen LogP) is 19.5. The van der Waals surface area contributed by atoms with Crippen molar-refractivity contribution in [3.8, 4) is 0 Å². The van der Waals surface area contributed by atoms with Crippen LogP contribution in [0.25, 0.3) is 0 Å². The van der Waals surface area contributed by atoms with Gasteiger partial charge in [0.1, 0.15) is 19.8 Å². The van der Waals surface area contributed by atoms with Gasteiger partial charge in [-0.05, 0) is 51.4 Å². The lowest BCUT2D eigenvalue weighted by Gasteiger charge is -2.28.